The molecule has 1 amide bonds. The van der Waals surface area contributed by atoms with Gasteiger partial charge in [-0.15, -0.1) is 0 Å². The van der Waals surface area contributed by atoms with E-state index in [1.165, 1.54) is 12.8 Å². The fraction of sp³-hybridized carbons (Fsp3) is 0.500. The number of carbonyl (C=O) groups excluding carboxylic acids is 1. The van der Waals surface area contributed by atoms with Gasteiger partial charge in [0.2, 0.25) is 0 Å². The van der Waals surface area contributed by atoms with E-state index in [-0.39, 0.29) is 11.9 Å². The van der Waals surface area contributed by atoms with Gasteiger partial charge in [-0.1, -0.05) is 42.4 Å². The molecule has 27 heavy (non-hydrogen) atoms. The molecule has 2 aromatic rings. The molecule has 2 N–H and O–H groups in total. The molecule has 0 spiro atoms. The van der Waals surface area contributed by atoms with Crippen LogP contribution in [0.25, 0.3) is 11.3 Å². The van der Waals surface area contributed by atoms with Crippen LogP contribution in [-0.2, 0) is 4.74 Å². The van der Waals surface area contributed by atoms with Gasteiger partial charge in [0.25, 0.3) is 5.91 Å². The van der Waals surface area contributed by atoms with Gasteiger partial charge in [-0.2, -0.15) is 0 Å². The Morgan fingerprint density at radius 3 is 2.59 bits per heavy atom. The van der Waals surface area contributed by atoms with E-state index in [0.717, 1.165) is 31.2 Å². The molecule has 1 saturated carbocycles. The minimum Gasteiger partial charge on any atom is -0.383 e. The number of aromatic nitrogens is 1. The summed E-state index contributed by atoms with van der Waals surface area (Å²) in [7, 11) is 1.63. The lowest BCUT2D eigenvalue weighted by molar-refractivity contribution is 0.0934. The zero-order chi connectivity index (χ0) is 19.1. The smallest absolute Gasteiger partial charge is 0.259 e. The third kappa shape index (κ3) is 5.23. The van der Waals surface area contributed by atoms with Crippen molar-refractivity contribution in [3.8, 4) is 11.3 Å². The lowest BCUT2D eigenvalue weighted by Crippen LogP contribution is -2.35. The van der Waals surface area contributed by atoms with Crippen LogP contribution in [0.1, 0.15) is 48.9 Å². The second-order valence-electron chi connectivity index (χ2n) is 6.82. The van der Waals surface area contributed by atoms with Crippen molar-refractivity contribution in [2.24, 2.45) is 0 Å². The number of hydrogen-bond acceptors (Lipinski definition) is 5. The van der Waals surface area contributed by atoms with Gasteiger partial charge >= 0.3 is 0 Å². The normalized spacial score (nSPS) is 15.3. The molecule has 6 nitrogen and oxygen atoms in total. The van der Waals surface area contributed by atoms with Gasteiger partial charge < -0.3 is 19.9 Å². The number of benzene rings is 1. The fourth-order valence-corrected chi connectivity index (χ4v) is 3.50. The van der Waals surface area contributed by atoms with E-state index in [2.05, 4.69) is 15.8 Å². The van der Waals surface area contributed by atoms with Gasteiger partial charge in [0.05, 0.1) is 6.61 Å². The highest BCUT2D eigenvalue weighted by molar-refractivity contribution is 6.30. The zero-order valence-electron chi connectivity index (χ0n) is 15.6. The number of anilines is 1. The van der Waals surface area contributed by atoms with Crippen LogP contribution in [0, 0.1) is 0 Å². The van der Waals surface area contributed by atoms with Crippen molar-refractivity contribution in [2.75, 3.05) is 25.6 Å². The maximum absolute atomic E-state index is 13.1. The third-order valence-corrected chi connectivity index (χ3v) is 5.07. The van der Waals surface area contributed by atoms with E-state index >= 15 is 0 Å². The quantitative estimate of drug-likeness (QED) is 0.536. The monoisotopic (exact) mass is 391 g/mol. The summed E-state index contributed by atoms with van der Waals surface area (Å²) in [6.45, 7) is 1.04. The van der Waals surface area contributed by atoms with E-state index < -0.39 is 0 Å². The number of rotatable bonds is 7. The summed E-state index contributed by atoms with van der Waals surface area (Å²) in [5.41, 5.74) is 1.19. The molecule has 1 fully saturated rings. The number of hydrogen-bond donors (Lipinski definition) is 2. The van der Waals surface area contributed by atoms with Crippen molar-refractivity contribution in [1.82, 2.24) is 10.5 Å². The van der Waals surface area contributed by atoms with E-state index in [1.54, 1.807) is 19.2 Å². The Morgan fingerprint density at radius 2 is 1.93 bits per heavy atom. The largest absolute Gasteiger partial charge is 0.383 e. The van der Waals surface area contributed by atoms with Gasteiger partial charge in [-0.3, -0.25) is 4.79 Å². The molecule has 1 aliphatic carbocycles. The first-order valence-corrected chi connectivity index (χ1v) is 9.86. The van der Waals surface area contributed by atoms with Crippen molar-refractivity contribution >= 4 is 23.3 Å². The maximum atomic E-state index is 13.1. The Labute approximate surface area is 164 Å². The van der Waals surface area contributed by atoms with E-state index in [0.29, 0.717) is 35.3 Å². The lowest BCUT2D eigenvalue weighted by Gasteiger charge is -2.16. The number of carbonyl (C=O) groups is 1. The first-order chi connectivity index (χ1) is 13.2. The number of halogens is 1. The first kappa shape index (κ1) is 19.7. The molecule has 0 atom stereocenters. The van der Waals surface area contributed by atoms with Crippen LogP contribution in [0.3, 0.4) is 0 Å². The molecular formula is C20H26ClN3O3. The minimum atomic E-state index is -0.159. The standard InChI is InChI=1S/C20H26ClN3O3/c1-26-13-12-22-19-17(20(25)23-16-6-4-2-3-5-7-16)18(27-24-19)14-8-10-15(21)11-9-14/h8-11,16H,2-7,12-13H2,1H3,(H,22,24)(H,23,25). The van der Waals surface area contributed by atoms with Crippen LogP contribution in [-0.4, -0.2) is 37.4 Å². The van der Waals surface area contributed by atoms with Crippen LogP contribution >= 0.6 is 11.6 Å². The molecule has 146 valence electrons. The maximum Gasteiger partial charge on any atom is 0.259 e. The summed E-state index contributed by atoms with van der Waals surface area (Å²) in [6.07, 6.45) is 6.80. The van der Waals surface area contributed by atoms with E-state index in [9.17, 15) is 4.79 Å². The fourth-order valence-electron chi connectivity index (χ4n) is 3.37. The molecule has 7 heteroatoms. The second kappa shape index (κ2) is 9.76. The number of amides is 1. The van der Waals surface area contributed by atoms with Gasteiger partial charge in [-0.25, -0.2) is 0 Å². The molecule has 3 rings (SSSR count). The van der Waals surface area contributed by atoms with Crippen molar-refractivity contribution < 1.29 is 14.1 Å². The SMILES string of the molecule is COCCNc1noc(-c2ccc(Cl)cc2)c1C(=O)NC1CCCCCC1. The molecule has 0 bridgehead atoms. The number of ether oxygens (including phenoxy) is 1. The Kier molecular flexibility index (Phi) is 7.12. The molecule has 0 aliphatic heterocycles. The zero-order valence-corrected chi connectivity index (χ0v) is 16.3. The summed E-state index contributed by atoms with van der Waals surface area (Å²) in [6, 6.07) is 7.38. The molecule has 0 unspecified atom stereocenters. The van der Waals surface area contributed by atoms with Crippen molar-refractivity contribution in [1.29, 1.82) is 0 Å². The molecule has 1 heterocycles. The van der Waals surface area contributed by atoms with Crippen LogP contribution in [0.2, 0.25) is 5.02 Å². The van der Waals surface area contributed by atoms with Crippen LogP contribution < -0.4 is 10.6 Å². The molecule has 0 radical (unpaired) electrons. The summed E-state index contributed by atoms with van der Waals surface area (Å²) < 4.78 is 10.6. The second-order valence-corrected chi connectivity index (χ2v) is 7.26. The summed E-state index contributed by atoms with van der Waals surface area (Å²) in [4.78, 5) is 13.1. The van der Waals surface area contributed by atoms with Gasteiger partial charge in [0, 0.05) is 30.3 Å². The van der Waals surface area contributed by atoms with Crippen LogP contribution in [0.5, 0.6) is 0 Å². The predicted molar refractivity (Wildman–Crippen MR) is 106 cm³/mol. The topological polar surface area (TPSA) is 76.4 Å². The van der Waals surface area contributed by atoms with E-state index in [1.807, 2.05) is 12.1 Å². The molecule has 1 aromatic carbocycles. The predicted octanol–water partition coefficient (Wildman–Crippen LogP) is 4.51. The molecular weight excluding hydrogens is 366 g/mol. The number of methoxy groups -OCH3 is 1. The van der Waals surface area contributed by atoms with Crippen LogP contribution in [0.15, 0.2) is 28.8 Å². The molecule has 1 aromatic heterocycles. The average Bonchev–Trinajstić information content (AvgIpc) is 2.92. The summed E-state index contributed by atoms with van der Waals surface area (Å²) >= 11 is 5.98. The van der Waals surface area contributed by atoms with Crippen molar-refractivity contribution in [3.05, 3.63) is 34.9 Å². The third-order valence-electron chi connectivity index (χ3n) is 4.81. The Hall–Kier alpha value is -2.05. The Morgan fingerprint density at radius 1 is 1.22 bits per heavy atom. The van der Waals surface area contributed by atoms with Crippen molar-refractivity contribution in [2.45, 2.75) is 44.6 Å². The van der Waals surface area contributed by atoms with Gasteiger partial charge in [0.15, 0.2) is 11.6 Å². The Bertz CT molecular complexity index is 737. The summed E-state index contributed by atoms with van der Waals surface area (Å²) in [5, 5.41) is 11.0. The summed E-state index contributed by atoms with van der Waals surface area (Å²) in [5.74, 6) is 0.717. The number of nitrogens with zero attached hydrogens (tertiary/aromatic N) is 1. The van der Waals surface area contributed by atoms with E-state index in [4.69, 9.17) is 20.9 Å². The molecule has 1 aliphatic rings. The highest BCUT2D eigenvalue weighted by Gasteiger charge is 2.26. The molecule has 0 saturated heterocycles. The average molecular weight is 392 g/mol. The van der Waals surface area contributed by atoms with Gasteiger partial charge in [0.1, 0.15) is 5.56 Å². The van der Waals surface area contributed by atoms with Crippen molar-refractivity contribution in [3.63, 3.8) is 0 Å². The highest BCUT2D eigenvalue weighted by atomic mass is 35.5. The first-order valence-electron chi connectivity index (χ1n) is 9.48. The minimum absolute atomic E-state index is 0.159. The Balaban J connectivity index is 1.85. The van der Waals surface area contributed by atoms with Gasteiger partial charge in [-0.05, 0) is 37.1 Å². The lowest BCUT2D eigenvalue weighted by atomic mass is 10.1. The highest BCUT2D eigenvalue weighted by Crippen LogP contribution is 2.30. The number of nitrogens with one attached hydrogen (secondary N) is 2. The van der Waals surface area contributed by atoms with Crippen LogP contribution in [0.4, 0.5) is 5.82 Å².